The summed E-state index contributed by atoms with van der Waals surface area (Å²) in [6.07, 6.45) is 6.28. The number of aryl methyl sites for hydroxylation is 1. The molecule has 2 aromatic rings. The molecule has 2 amide bonds. The van der Waals surface area contributed by atoms with Gasteiger partial charge in [-0.3, -0.25) is 14.9 Å². The number of anilines is 1. The Morgan fingerprint density at radius 3 is 2.54 bits per heavy atom. The van der Waals surface area contributed by atoms with Crippen molar-refractivity contribution in [2.24, 2.45) is 0 Å². The van der Waals surface area contributed by atoms with Crippen molar-refractivity contribution in [1.29, 1.82) is 0 Å². The van der Waals surface area contributed by atoms with Crippen LogP contribution >= 0.6 is 11.3 Å². The molecule has 1 aliphatic heterocycles. The topological polar surface area (TPSA) is 71.5 Å². The van der Waals surface area contributed by atoms with Crippen LogP contribution in [-0.4, -0.2) is 41.9 Å². The molecular formula is C21H25N3O3S. The number of thiazole rings is 1. The predicted octanol–water partition coefficient (Wildman–Crippen LogP) is 3.84. The molecule has 1 N–H and O–H groups in total. The van der Waals surface area contributed by atoms with Crippen LogP contribution in [0.25, 0.3) is 0 Å². The van der Waals surface area contributed by atoms with Crippen LogP contribution in [0.2, 0.25) is 0 Å². The van der Waals surface area contributed by atoms with Gasteiger partial charge in [-0.25, -0.2) is 4.98 Å². The van der Waals surface area contributed by atoms with Crippen molar-refractivity contribution < 1.29 is 14.3 Å². The Balaban J connectivity index is 1.45. The molecular weight excluding hydrogens is 374 g/mol. The van der Waals surface area contributed by atoms with Gasteiger partial charge in [0, 0.05) is 23.5 Å². The van der Waals surface area contributed by atoms with E-state index < -0.39 is 0 Å². The number of hydrogen-bond donors (Lipinski definition) is 1. The number of carbonyl (C=O) groups is 2. The molecule has 1 aromatic heterocycles. The van der Waals surface area contributed by atoms with Gasteiger partial charge in [-0.1, -0.05) is 12.8 Å². The molecule has 0 radical (unpaired) electrons. The monoisotopic (exact) mass is 399 g/mol. The summed E-state index contributed by atoms with van der Waals surface area (Å²) >= 11 is 1.49. The lowest BCUT2D eigenvalue weighted by Crippen LogP contribution is -2.35. The van der Waals surface area contributed by atoms with Gasteiger partial charge in [0.15, 0.2) is 5.13 Å². The van der Waals surface area contributed by atoms with Crippen LogP contribution in [0.1, 0.15) is 59.0 Å². The molecule has 1 aromatic carbocycles. The minimum Gasteiger partial charge on any atom is -0.497 e. The van der Waals surface area contributed by atoms with Gasteiger partial charge in [-0.15, -0.1) is 11.3 Å². The Hall–Kier alpha value is -2.41. The lowest BCUT2D eigenvalue weighted by molar-refractivity contribution is -0.132. The molecule has 0 bridgehead atoms. The van der Waals surface area contributed by atoms with Crippen LogP contribution in [0.5, 0.6) is 5.75 Å². The van der Waals surface area contributed by atoms with Gasteiger partial charge in [0.25, 0.3) is 5.91 Å². The van der Waals surface area contributed by atoms with Crippen molar-refractivity contribution >= 4 is 28.3 Å². The molecule has 1 aliphatic carbocycles. The number of likely N-dealkylation sites (tertiary alicyclic amines) is 1. The molecule has 28 heavy (non-hydrogen) atoms. The third kappa shape index (κ3) is 3.90. The molecule has 1 fully saturated rings. The van der Waals surface area contributed by atoms with Crippen LogP contribution in [0.4, 0.5) is 5.13 Å². The third-order valence-corrected chi connectivity index (χ3v) is 6.55. The molecule has 2 aliphatic rings. The minimum atomic E-state index is -0.203. The largest absolute Gasteiger partial charge is 0.497 e. The fourth-order valence-electron chi connectivity index (χ4n) is 3.94. The van der Waals surface area contributed by atoms with Crippen molar-refractivity contribution in [2.45, 2.75) is 44.4 Å². The first-order valence-corrected chi connectivity index (χ1v) is 10.7. The Kier molecular flexibility index (Phi) is 5.62. The summed E-state index contributed by atoms with van der Waals surface area (Å²) in [5.74, 6) is 0.556. The molecule has 1 unspecified atom stereocenters. The number of nitrogens with one attached hydrogen (secondary N) is 1. The second kappa shape index (κ2) is 8.31. The van der Waals surface area contributed by atoms with Crippen LogP contribution in [0, 0.1) is 0 Å². The van der Waals surface area contributed by atoms with Gasteiger partial charge in [0.05, 0.1) is 18.7 Å². The highest BCUT2D eigenvalue weighted by Gasteiger charge is 2.35. The maximum atomic E-state index is 13.0. The Morgan fingerprint density at radius 2 is 1.86 bits per heavy atom. The smallest absolute Gasteiger partial charge is 0.257 e. The first-order chi connectivity index (χ1) is 13.7. The summed E-state index contributed by atoms with van der Waals surface area (Å²) in [5, 5.41) is 3.45. The van der Waals surface area contributed by atoms with Crippen molar-refractivity contribution in [3.05, 3.63) is 40.4 Å². The van der Waals surface area contributed by atoms with Crippen LogP contribution in [0.15, 0.2) is 24.3 Å². The maximum absolute atomic E-state index is 13.0. The summed E-state index contributed by atoms with van der Waals surface area (Å²) < 4.78 is 5.12. The average molecular weight is 400 g/mol. The van der Waals surface area contributed by atoms with Gasteiger partial charge in [0.1, 0.15) is 5.75 Å². The summed E-state index contributed by atoms with van der Waals surface area (Å²) in [4.78, 5) is 33.3. The van der Waals surface area contributed by atoms with Crippen LogP contribution < -0.4 is 10.1 Å². The molecule has 0 spiro atoms. The summed E-state index contributed by atoms with van der Waals surface area (Å²) in [7, 11) is 1.59. The molecule has 1 saturated heterocycles. The van der Waals surface area contributed by atoms with Gasteiger partial charge >= 0.3 is 0 Å². The van der Waals surface area contributed by atoms with Gasteiger partial charge in [0.2, 0.25) is 5.91 Å². The van der Waals surface area contributed by atoms with E-state index in [9.17, 15) is 9.59 Å². The number of ether oxygens (including phenoxy) is 1. The third-order valence-electron chi connectivity index (χ3n) is 5.51. The summed E-state index contributed by atoms with van der Waals surface area (Å²) in [6, 6.07) is 6.96. The first-order valence-electron chi connectivity index (χ1n) is 9.89. The molecule has 1 atom stereocenters. The number of nitrogens with zero attached hydrogens (tertiary/aromatic N) is 2. The highest BCUT2D eigenvalue weighted by atomic mass is 32.1. The Bertz CT molecular complexity index is 854. The van der Waals surface area contributed by atoms with E-state index in [0.717, 1.165) is 49.3 Å². The number of methoxy groups -OCH3 is 1. The number of rotatable bonds is 4. The van der Waals surface area contributed by atoms with E-state index in [1.165, 1.54) is 24.2 Å². The highest BCUT2D eigenvalue weighted by Crippen LogP contribution is 2.39. The normalized spacial score (nSPS) is 19.0. The number of aromatic nitrogens is 1. The highest BCUT2D eigenvalue weighted by molar-refractivity contribution is 7.16. The maximum Gasteiger partial charge on any atom is 0.257 e. The number of amides is 2. The average Bonchev–Trinajstić information content (AvgIpc) is 3.16. The van der Waals surface area contributed by atoms with Crippen molar-refractivity contribution in [3.8, 4) is 5.75 Å². The van der Waals surface area contributed by atoms with E-state index in [-0.39, 0.29) is 17.7 Å². The van der Waals surface area contributed by atoms with Crippen LogP contribution in [-0.2, 0) is 11.2 Å². The van der Waals surface area contributed by atoms with Crippen molar-refractivity contribution in [1.82, 2.24) is 9.88 Å². The predicted molar refractivity (Wildman–Crippen MR) is 109 cm³/mol. The zero-order chi connectivity index (χ0) is 19.5. The van der Waals surface area contributed by atoms with Crippen molar-refractivity contribution in [2.75, 3.05) is 25.5 Å². The SMILES string of the molecule is COc1ccc(C(=O)Nc2nc3c(s2)CCC3C(=O)N2CCCCCC2)cc1. The summed E-state index contributed by atoms with van der Waals surface area (Å²) in [6.45, 7) is 1.71. The lowest BCUT2D eigenvalue weighted by atomic mass is 10.1. The second-order valence-electron chi connectivity index (χ2n) is 7.34. The fraction of sp³-hybridized carbons (Fsp3) is 0.476. The number of fused-ring (bicyclic) bond motifs is 1. The zero-order valence-electron chi connectivity index (χ0n) is 16.1. The summed E-state index contributed by atoms with van der Waals surface area (Å²) in [5.41, 5.74) is 1.41. The standard InChI is InChI=1S/C21H25N3O3S/c1-27-15-8-6-14(7-9-15)19(25)23-21-22-18-16(10-11-17(18)28-21)20(26)24-12-4-2-3-5-13-24/h6-9,16H,2-5,10-13H2,1H3,(H,22,23,25). The molecule has 4 rings (SSSR count). The number of benzene rings is 1. The van der Waals surface area contributed by atoms with E-state index in [2.05, 4.69) is 10.3 Å². The van der Waals surface area contributed by atoms with Crippen molar-refractivity contribution in [3.63, 3.8) is 0 Å². The minimum absolute atomic E-state index is 0.156. The molecule has 6 nitrogen and oxygen atoms in total. The fourth-order valence-corrected chi connectivity index (χ4v) is 4.98. The molecule has 2 heterocycles. The van der Waals surface area contributed by atoms with E-state index >= 15 is 0 Å². The Morgan fingerprint density at radius 1 is 1.14 bits per heavy atom. The van der Waals surface area contributed by atoms with E-state index in [0.29, 0.717) is 16.4 Å². The lowest BCUT2D eigenvalue weighted by Gasteiger charge is -2.23. The van der Waals surface area contributed by atoms with E-state index in [1.807, 2.05) is 4.90 Å². The van der Waals surface area contributed by atoms with Gasteiger partial charge in [-0.05, 0) is 49.9 Å². The second-order valence-corrected chi connectivity index (χ2v) is 8.42. The van der Waals surface area contributed by atoms with E-state index in [4.69, 9.17) is 4.74 Å². The quantitative estimate of drug-likeness (QED) is 0.848. The number of hydrogen-bond acceptors (Lipinski definition) is 5. The number of carbonyl (C=O) groups excluding carboxylic acids is 2. The van der Waals surface area contributed by atoms with Crippen LogP contribution in [0.3, 0.4) is 0 Å². The molecule has 148 valence electrons. The Labute approximate surface area is 168 Å². The van der Waals surface area contributed by atoms with Gasteiger partial charge < -0.3 is 9.64 Å². The molecule has 0 saturated carbocycles. The van der Waals surface area contributed by atoms with Gasteiger partial charge in [-0.2, -0.15) is 0 Å². The molecule has 7 heteroatoms. The first kappa shape index (κ1) is 18.9. The van der Waals surface area contributed by atoms with E-state index in [1.54, 1.807) is 31.4 Å². The zero-order valence-corrected chi connectivity index (χ0v) is 16.9.